The Balaban J connectivity index is 1.51. The maximum absolute atomic E-state index is 12.7. The number of unbranched alkanes of at least 4 members (excludes halogenated alkanes) is 1. The summed E-state index contributed by atoms with van der Waals surface area (Å²) in [7, 11) is 0. The zero-order valence-electron chi connectivity index (χ0n) is 18.0. The number of benzene rings is 2. The number of amides is 2. The van der Waals surface area contributed by atoms with Crippen molar-refractivity contribution in [1.29, 1.82) is 0 Å². The number of thiocarbonyl (C=S) groups is 1. The fraction of sp³-hybridized carbons (Fsp3) is 0.250. The fourth-order valence-corrected chi connectivity index (χ4v) is 4.36. The zero-order valence-corrected chi connectivity index (χ0v) is 20.4. The van der Waals surface area contributed by atoms with Gasteiger partial charge in [-0.2, -0.15) is 0 Å². The van der Waals surface area contributed by atoms with Crippen molar-refractivity contribution in [3.05, 3.63) is 69.6 Å². The van der Waals surface area contributed by atoms with E-state index in [1.165, 1.54) is 16.7 Å². The van der Waals surface area contributed by atoms with Gasteiger partial charge in [0.05, 0.1) is 17.1 Å². The van der Waals surface area contributed by atoms with E-state index in [1.807, 2.05) is 19.1 Å². The molecule has 2 amide bonds. The number of nitrogens with one attached hydrogen (secondary N) is 1. The van der Waals surface area contributed by atoms with Crippen LogP contribution >= 0.6 is 35.6 Å². The highest BCUT2D eigenvalue weighted by atomic mass is 35.5. The maximum Gasteiger partial charge on any atom is 0.338 e. The number of hydrogen-bond acceptors (Lipinski definition) is 6. The summed E-state index contributed by atoms with van der Waals surface area (Å²) in [6, 6.07) is 13.6. The van der Waals surface area contributed by atoms with Gasteiger partial charge >= 0.3 is 5.97 Å². The first-order chi connectivity index (χ1) is 15.9. The lowest BCUT2D eigenvalue weighted by atomic mass is 10.2. The van der Waals surface area contributed by atoms with Crippen molar-refractivity contribution >= 4 is 69.4 Å². The molecule has 0 spiro atoms. The number of ether oxygens (including phenoxy) is 1. The summed E-state index contributed by atoms with van der Waals surface area (Å²) in [5.74, 6) is -0.870. The van der Waals surface area contributed by atoms with E-state index in [1.54, 1.807) is 42.5 Å². The highest BCUT2D eigenvalue weighted by Gasteiger charge is 2.32. The number of hydrogen-bond donors (Lipinski definition) is 1. The van der Waals surface area contributed by atoms with E-state index in [0.717, 1.165) is 18.4 Å². The van der Waals surface area contributed by atoms with Gasteiger partial charge in [0.15, 0.2) is 0 Å². The summed E-state index contributed by atoms with van der Waals surface area (Å²) in [6.07, 6.45) is 3.61. The molecule has 2 aromatic carbocycles. The highest BCUT2D eigenvalue weighted by Crippen LogP contribution is 2.32. The standard InChI is InChI=1S/C24H23ClN2O4S2/c1-2-3-14-31-23(30)17-6-10-19(11-7-17)26-21(28)12-13-27-22(29)20(33-24(27)32)15-16-4-8-18(25)9-5-16/h4-11,15H,2-3,12-14H2,1H3,(H,26,28). The largest absolute Gasteiger partial charge is 0.462 e. The first-order valence-corrected chi connectivity index (χ1v) is 12.1. The van der Waals surface area contributed by atoms with Crippen molar-refractivity contribution in [2.24, 2.45) is 0 Å². The molecular weight excluding hydrogens is 480 g/mol. The molecular formula is C24H23ClN2O4S2. The maximum atomic E-state index is 12.7. The van der Waals surface area contributed by atoms with Gasteiger partial charge in [-0.1, -0.05) is 61.1 Å². The first-order valence-electron chi connectivity index (χ1n) is 10.5. The molecule has 1 saturated heterocycles. The van der Waals surface area contributed by atoms with Crippen LogP contribution in [0.1, 0.15) is 42.1 Å². The summed E-state index contributed by atoms with van der Waals surface area (Å²) in [4.78, 5) is 38.9. The van der Waals surface area contributed by atoms with E-state index in [0.29, 0.717) is 32.1 Å². The molecule has 1 N–H and O–H groups in total. The lowest BCUT2D eigenvalue weighted by Crippen LogP contribution is -2.31. The van der Waals surface area contributed by atoms with Crippen LogP contribution in [0.25, 0.3) is 6.08 Å². The van der Waals surface area contributed by atoms with E-state index in [4.69, 9.17) is 28.6 Å². The Labute approximate surface area is 207 Å². The molecule has 9 heteroatoms. The molecule has 0 unspecified atom stereocenters. The average Bonchev–Trinajstić information content (AvgIpc) is 3.06. The van der Waals surface area contributed by atoms with E-state index < -0.39 is 0 Å². The second kappa shape index (κ2) is 12.0. The molecule has 0 radical (unpaired) electrons. The third-order valence-corrected chi connectivity index (χ3v) is 6.37. The van der Waals surface area contributed by atoms with Crippen molar-refractivity contribution in [3.8, 4) is 0 Å². The number of carbonyl (C=O) groups is 3. The molecule has 0 saturated carbocycles. The molecule has 33 heavy (non-hydrogen) atoms. The average molecular weight is 503 g/mol. The van der Waals surface area contributed by atoms with Gasteiger partial charge < -0.3 is 10.1 Å². The Kier molecular flexibility index (Phi) is 9.05. The van der Waals surface area contributed by atoms with Crippen LogP contribution in [0.2, 0.25) is 5.02 Å². The molecule has 1 aliphatic rings. The fourth-order valence-electron chi connectivity index (χ4n) is 2.92. The molecule has 0 atom stereocenters. The predicted octanol–water partition coefficient (Wildman–Crippen LogP) is 5.53. The van der Waals surface area contributed by atoms with E-state index >= 15 is 0 Å². The topological polar surface area (TPSA) is 75.7 Å². The Morgan fingerprint density at radius 3 is 2.52 bits per heavy atom. The minimum Gasteiger partial charge on any atom is -0.462 e. The van der Waals surface area contributed by atoms with Crippen molar-refractivity contribution in [2.75, 3.05) is 18.5 Å². The molecule has 0 aliphatic carbocycles. The molecule has 6 nitrogen and oxygen atoms in total. The lowest BCUT2D eigenvalue weighted by molar-refractivity contribution is -0.122. The SMILES string of the molecule is CCCCOC(=O)c1ccc(NC(=O)CCN2C(=O)C(=Cc3ccc(Cl)cc3)SC2=S)cc1. The second-order valence-corrected chi connectivity index (χ2v) is 9.36. The van der Waals surface area contributed by atoms with Crippen LogP contribution in [0.5, 0.6) is 0 Å². The van der Waals surface area contributed by atoms with Crippen molar-refractivity contribution in [1.82, 2.24) is 4.90 Å². The predicted molar refractivity (Wildman–Crippen MR) is 136 cm³/mol. The smallest absolute Gasteiger partial charge is 0.338 e. The van der Waals surface area contributed by atoms with Crippen molar-refractivity contribution in [2.45, 2.75) is 26.2 Å². The van der Waals surface area contributed by atoms with Crippen LogP contribution in [-0.2, 0) is 14.3 Å². The minimum absolute atomic E-state index is 0.0848. The number of anilines is 1. The van der Waals surface area contributed by atoms with Crippen LogP contribution in [0.3, 0.4) is 0 Å². The number of thioether (sulfide) groups is 1. The zero-order chi connectivity index (χ0) is 23.8. The Morgan fingerprint density at radius 1 is 1.15 bits per heavy atom. The van der Waals surface area contributed by atoms with Crippen molar-refractivity contribution in [3.63, 3.8) is 0 Å². The second-order valence-electron chi connectivity index (χ2n) is 7.25. The molecule has 1 heterocycles. The van der Waals surface area contributed by atoms with Crippen LogP contribution < -0.4 is 5.32 Å². The Morgan fingerprint density at radius 2 is 1.85 bits per heavy atom. The molecule has 1 aliphatic heterocycles. The molecule has 3 rings (SSSR count). The Bertz CT molecular complexity index is 1070. The molecule has 172 valence electrons. The summed E-state index contributed by atoms with van der Waals surface area (Å²) in [5, 5.41) is 3.38. The van der Waals surface area contributed by atoms with Crippen LogP contribution in [0.15, 0.2) is 53.4 Å². The van der Waals surface area contributed by atoms with Crippen LogP contribution in [0, 0.1) is 0 Å². The summed E-state index contributed by atoms with van der Waals surface area (Å²) in [5.41, 5.74) is 1.82. The first kappa shape index (κ1) is 25.0. The van der Waals surface area contributed by atoms with Crippen LogP contribution in [-0.4, -0.2) is 40.2 Å². The van der Waals surface area contributed by atoms with Gasteiger partial charge in [-0.15, -0.1) is 0 Å². The molecule has 2 aromatic rings. The summed E-state index contributed by atoms with van der Waals surface area (Å²) < 4.78 is 5.58. The van der Waals surface area contributed by atoms with Crippen molar-refractivity contribution < 1.29 is 19.1 Å². The van der Waals surface area contributed by atoms with E-state index in [2.05, 4.69) is 5.32 Å². The van der Waals surface area contributed by atoms with Gasteiger partial charge in [-0.25, -0.2) is 4.79 Å². The monoisotopic (exact) mass is 502 g/mol. The number of esters is 1. The summed E-state index contributed by atoms with van der Waals surface area (Å²) in [6.45, 7) is 2.59. The highest BCUT2D eigenvalue weighted by molar-refractivity contribution is 8.26. The third kappa shape index (κ3) is 7.15. The van der Waals surface area contributed by atoms with Gasteiger partial charge in [0.1, 0.15) is 4.32 Å². The van der Waals surface area contributed by atoms with Gasteiger partial charge in [-0.3, -0.25) is 14.5 Å². The number of halogens is 1. The minimum atomic E-state index is -0.387. The van der Waals surface area contributed by atoms with Gasteiger partial charge in [0.2, 0.25) is 5.91 Å². The molecule has 1 fully saturated rings. The quantitative estimate of drug-likeness (QED) is 0.210. The molecule has 0 bridgehead atoms. The molecule has 0 aromatic heterocycles. The van der Waals surface area contributed by atoms with Gasteiger partial charge in [-0.05, 0) is 54.5 Å². The van der Waals surface area contributed by atoms with E-state index in [-0.39, 0.29) is 30.7 Å². The lowest BCUT2D eigenvalue weighted by Gasteiger charge is -2.14. The third-order valence-electron chi connectivity index (χ3n) is 4.74. The van der Waals surface area contributed by atoms with Crippen LogP contribution in [0.4, 0.5) is 5.69 Å². The summed E-state index contributed by atoms with van der Waals surface area (Å²) >= 11 is 12.4. The van der Waals surface area contributed by atoms with Gasteiger partial charge in [0.25, 0.3) is 5.91 Å². The normalized spacial score (nSPS) is 14.6. The number of rotatable bonds is 9. The van der Waals surface area contributed by atoms with Gasteiger partial charge in [0, 0.05) is 23.7 Å². The Hall–Kier alpha value is -2.68. The number of carbonyl (C=O) groups excluding carboxylic acids is 3. The van der Waals surface area contributed by atoms with E-state index in [9.17, 15) is 14.4 Å². The number of nitrogens with zero attached hydrogens (tertiary/aromatic N) is 1.